The molecular formula is C33H39ClN2O5S. The van der Waals surface area contributed by atoms with Gasteiger partial charge in [0.15, 0.2) is 0 Å². The van der Waals surface area contributed by atoms with Gasteiger partial charge in [-0.3, -0.25) is 9.69 Å². The molecule has 2 fully saturated rings. The van der Waals surface area contributed by atoms with Gasteiger partial charge in [-0.15, -0.1) is 0 Å². The summed E-state index contributed by atoms with van der Waals surface area (Å²) in [5, 5.41) is 0.0383. The third-order valence-electron chi connectivity index (χ3n) is 10.5. The smallest absolute Gasteiger partial charge is 0.268 e. The molecule has 0 amide bonds. The van der Waals surface area contributed by atoms with Crippen LogP contribution < -0.4 is 9.64 Å². The summed E-state index contributed by atoms with van der Waals surface area (Å²) in [6.07, 6.45) is 10.7. The minimum atomic E-state index is -4.19. The second kappa shape index (κ2) is 11.0. The topological polar surface area (TPSA) is 76.2 Å². The maximum Gasteiger partial charge on any atom is 0.268 e. The van der Waals surface area contributed by atoms with E-state index >= 15 is 0 Å². The van der Waals surface area contributed by atoms with E-state index in [1.54, 1.807) is 25.3 Å². The van der Waals surface area contributed by atoms with Crippen molar-refractivity contribution in [1.29, 1.82) is 0 Å². The molecule has 0 aromatic heterocycles. The van der Waals surface area contributed by atoms with Crippen LogP contribution in [-0.4, -0.2) is 70.5 Å². The summed E-state index contributed by atoms with van der Waals surface area (Å²) in [5.41, 5.74) is 3.05. The van der Waals surface area contributed by atoms with E-state index in [1.807, 2.05) is 11.0 Å². The van der Waals surface area contributed by atoms with Crippen LogP contribution in [0.2, 0.25) is 5.02 Å². The molecule has 42 heavy (non-hydrogen) atoms. The van der Waals surface area contributed by atoms with Gasteiger partial charge in [0.25, 0.3) is 5.12 Å². The molecule has 5 atom stereocenters. The predicted octanol–water partition coefficient (Wildman–Crippen LogP) is 5.19. The Morgan fingerprint density at radius 3 is 2.79 bits per heavy atom. The van der Waals surface area contributed by atoms with Gasteiger partial charge in [-0.2, -0.15) is 0 Å². The van der Waals surface area contributed by atoms with E-state index in [2.05, 4.69) is 29.2 Å². The first-order chi connectivity index (χ1) is 20.3. The molecule has 0 radical (unpaired) electrons. The number of hydrogen-bond acceptors (Lipinski definition) is 7. The largest absolute Gasteiger partial charge is 0.490 e. The quantitative estimate of drug-likeness (QED) is 0.412. The summed E-state index contributed by atoms with van der Waals surface area (Å²) in [5.74, 6) is 1.44. The van der Waals surface area contributed by atoms with Crippen molar-refractivity contribution in [2.24, 2.45) is 11.8 Å². The molecule has 1 saturated carbocycles. The lowest BCUT2D eigenvalue weighted by Crippen LogP contribution is -2.49. The minimum Gasteiger partial charge on any atom is -0.490 e. The highest BCUT2D eigenvalue weighted by molar-refractivity contribution is 8.06. The molecule has 9 heteroatoms. The lowest BCUT2D eigenvalue weighted by Gasteiger charge is -2.46. The SMILES string of the molecule is CO[C@H]1/C=C\CN2CCC[C@H]2C(=O)S(=O)(=O)c2ccc3c(c2)N(C[C@@H]2CC[C@H]21)C[C@@]1(CCCc2cc(Cl)ccc21)CO3. The van der Waals surface area contributed by atoms with E-state index in [-0.39, 0.29) is 16.4 Å². The van der Waals surface area contributed by atoms with Gasteiger partial charge in [0.1, 0.15) is 5.75 Å². The number of rotatable bonds is 1. The zero-order valence-electron chi connectivity index (χ0n) is 24.1. The van der Waals surface area contributed by atoms with Crippen molar-refractivity contribution in [3.05, 3.63) is 64.7 Å². The first-order valence-electron chi connectivity index (χ1n) is 15.3. The number of anilines is 1. The summed E-state index contributed by atoms with van der Waals surface area (Å²) in [7, 11) is -2.42. The lowest BCUT2D eigenvalue weighted by atomic mass is 9.68. The van der Waals surface area contributed by atoms with E-state index < -0.39 is 21.0 Å². The first-order valence-corrected chi connectivity index (χ1v) is 17.2. The third-order valence-corrected chi connectivity index (χ3v) is 12.4. The van der Waals surface area contributed by atoms with Gasteiger partial charge < -0.3 is 14.4 Å². The lowest BCUT2D eigenvalue weighted by molar-refractivity contribution is -0.115. The molecular weight excluding hydrogens is 572 g/mol. The van der Waals surface area contributed by atoms with Crippen LogP contribution in [0.15, 0.2) is 53.4 Å². The highest BCUT2D eigenvalue weighted by atomic mass is 35.5. The van der Waals surface area contributed by atoms with Gasteiger partial charge in [-0.05, 0) is 105 Å². The normalized spacial score (nSPS) is 33.2. The number of benzene rings is 2. The number of carbonyl (C=O) groups is 1. The number of ether oxygens (including phenoxy) is 2. The van der Waals surface area contributed by atoms with Crippen LogP contribution in [0.3, 0.4) is 0 Å². The molecule has 3 aliphatic heterocycles. The molecule has 1 saturated heterocycles. The Labute approximate surface area is 253 Å². The average molecular weight is 611 g/mol. The molecule has 3 heterocycles. The van der Waals surface area contributed by atoms with Crippen molar-refractivity contribution >= 4 is 32.2 Å². The van der Waals surface area contributed by atoms with Crippen molar-refractivity contribution in [1.82, 2.24) is 4.90 Å². The van der Waals surface area contributed by atoms with Gasteiger partial charge in [0, 0.05) is 37.2 Å². The number of carbonyl (C=O) groups excluding carboxylic acids is 1. The second-order valence-corrected chi connectivity index (χ2v) is 15.2. The maximum absolute atomic E-state index is 13.8. The summed E-state index contributed by atoms with van der Waals surface area (Å²) in [4.78, 5) is 18.0. The molecule has 7 nitrogen and oxygen atoms in total. The van der Waals surface area contributed by atoms with Crippen molar-refractivity contribution in [3.8, 4) is 5.75 Å². The number of fused-ring (bicyclic) bond motifs is 5. The third kappa shape index (κ3) is 4.79. The molecule has 2 aliphatic carbocycles. The van der Waals surface area contributed by atoms with Crippen LogP contribution in [0, 0.1) is 11.8 Å². The molecule has 2 aromatic rings. The Hall–Kier alpha value is -2.39. The van der Waals surface area contributed by atoms with E-state index in [1.165, 1.54) is 11.1 Å². The van der Waals surface area contributed by atoms with Gasteiger partial charge >= 0.3 is 0 Å². The van der Waals surface area contributed by atoms with Gasteiger partial charge in [-0.25, -0.2) is 8.42 Å². The van der Waals surface area contributed by atoms with Gasteiger partial charge in [0.2, 0.25) is 9.84 Å². The Morgan fingerprint density at radius 2 is 1.98 bits per heavy atom. The van der Waals surface area contributed by atoms with Gasteiger partial charge in [0.05, 0.1) is 29.3 Å². The van der Waals surface area contributed by atoms with E-state index in [4.69, 9.17) is 21.1 Å². The van der Waals surface area contributed by atoms with Crippen LogP contribution in [-0.2, 0) is 31.2 Å². The fourth-order valence-corrected chi connectivity index (χ4v) is 9.70. The average Bonchev–Trinajstić information content (AvgIpc) is 3.38. The van der Waals surface area contributed by atoms with E-state index in [9.17, 15) is 13.2 Å². The van der Waals surface area contributed by atoms with Crippen molar-refractivity contribution in [2.75, 3.05) is 44.8 Å². The zero-order valence-corrected chi connectivity index (χ0v) is 25.7. The highest BCUT2D eigenvalue weighted by Gasteiger charge is 2.45. The standard InChI is InChI=1S/C33H39ClN2O5S/c1-40-30-7-4-16-35-15-3-6-28(35)32(37)42(38,39)25-10-13-31-29(18-25)36(19-23-8-11-26(23)30)20-33(21-41-31)14-2-5-22-17-24(34)9-12-27(22)33/h4,7,9-10,12-13,17-18,23,26,28,30H,2-3,5-6,8,11,14-16,19-21H2,1H3/b7-4-/t23-,26+,28-,30-,33-/m0/s1. The number of halogens is 1. The van der Waals surface area contributed by atoms with Crippen LogP contribution in [0.5, 0.6) is 5.75 Å². The Bertz CT molecular complexity index is 1530. The molecule has 7 rings (SSSR count). The van der Waals surface area contributed by atoms with Gasteiger partial charge in [-0.1, -0.05) is 29.8 Å². The molecule has 0 unspecified atom stereocenters. The molecule has 1 spiro atoms. The fraction of sp³-hybridized carbons (Fsp3) is 0.545. The summed E-state index contributed by atoms with van der Waals surface area (Å²) in [6.45, 7) is 3.23. The maximum atomic E-state index is 13.8. The van der Waals surface area contributed by atoms with E-state index in [0.29, 0.717) is 50.2 Å². The number of hydrogen-bond donors (Lipinski definition) is 0. The number of sulfone groups is 1. The summed E-state index contributed by atoms with van der Waals surface area (Å²) >= 11 is 6.41. The van der Waals surface area contributed by atoms with Crippen molar-refractivity contribution < 1.29 is 22.7 Å². The fourth-order valence-electron chi connectivity index (χ4n) is 8.13. The predicted molar refractivity (Wildman–Crippen MR) is 163 cm³/mol. The van der Waals surface area contributed by atoms with Crippen LogP contribution in [0.1, 0.15) is 49.7 Å². The number of aryl methyl sites for hydroxylation is 1. The first kappa shape index (κ1) is 28.4. The van der Waals surface area contributed by atoms with Crippen LogP contribution in [0.4, 0.5) is 5.69 Å². The minimum absolute atomic E-state index is 0.0186. The summed E-state index contributed by atoms with van der Waals surface area (Å²) < 4.78 is 40.2. The Balaban J connectivity index is 1.34. The highest BCUT2D eigenvalue weighted by Crippen LogP contribution is 2.47. The molecule has 0 N–H and O–H groups in total. The second-order valence-electron chi connectivity index (χ2n) is 12.8. The monoisotopic (exact) mass is 610 g/mol. The Morgan fingerprint density at radius 1 is 1.10 bits per heavy atom. The van der Waals surface area contributed by atoms with Crippen LogP contribution in [0.25, 0.3) is 0 Å². The zero-order chi connectivity index (χ0) is 29.1. The van der Waals surface area contributed by atoms with Crippen molar-refractivity contribution in [3.63, 3.8) is 0 Å². The number of methoxy groups -OCH3 is 1. The molecule has 5 aliphatic rings. The number of nitrogens with zero attached hydrogens (tertiary/aromatic N) is 2. The van der Waals surface area contributed by atoms with Crippen molar-refractivity contribution in [2.45, 2.75) is 67.4 Å². The Kier molecular flexibility index (Phi) is 7.40. The van der Waals surface area contributed by atoms with E-state index in [0.717, 1.165) is 55.8 Å². The van der Waals surface area contributed by atoms with Crippen LogP contribution >= 0.6 is 11.6 Å². The molecule has 2 aromatic carbocycles. The molecule has 224 valence electrons. The molecule has 2 bridgehead atoms. The summed E-state index contributed by atoms with van der Waals surface area (Å²) in [6, 6.07) is 10.6.